The Balaban J connectivity index is 1.85. The third kappa shape index (κ3) is 3.53. The van der Waals surface area contributed by atoms with E-state index in [1.807, 2.05) is 0 Å². The third-order valence-electron chi connectivity index (χ3n) is 6.54. The lowest BCUT2D eigenvalue weighted by Crippen LogP contribution is -2.46. The van der Waals surface area contributed by atoms with E-state index in [2.05, 4.69) is 97.2 Å². The molecule has 4 heteroatoms. The zero-order chi connectivity index (χ0) is 20.3. The van der Waals surface area contributed by atoms with Crippen molar-refractivity contribution in [3.8, 4) is 11.3 Å². The lowest BCUT2D eigenvalue weighted by atomic mass is 10.1. The number of benzene rings is 2. The summed E-state index contributed by atoms with van der Waals surface area (Å²) in [6.45, 7) is 7.91. The second kappa shape index (κ2) is 8.33. The average Bonchev–Trinajstić information content (AvgIpc) is 3.19. The van der Waals surface area contributed by atoms with Crippen molar-refractivity contribution in [1.29, 1.82) is 0 Å². The van der Waals surface area contributed by atoms with E-state index >= 15 is 0 Å². The molecule has 2 aromatic heterocycles. The Hall–Kier alpha value is -2.72. The van der Waals surface area contributed by atoms with Gasteiger partial charge in [-0.05, 0) is 11.6 Å². The zero-order valence-corrected chi connectivity index (χ0v) is 18.6. The van der Waals surface area contributed by atoms with Gasteiger partial charge in [-0.2, -0.15) is 0 Å². The van der Waals surface area contributed by atoms with Crippen molar-refractivity contribution in [2.24, 2.45) is 0 Å². The minimum Gasteiger partial charge on any atom is -0.328 e. The Morgan fingerprint density at radius 1 is 0.793 bits per heavy atom. The molecule has 0 N–H and O–H groups in total. The molecule has 0 fully saturated rings. The van der Waals surface area contributed by atoms with Gasteiger partial charge in [-0.25, -0.2) is 9.97 Å². The van der Waals surface area contributed by atoms with Crippen molar-refractivity contribution >= 4 is 24.3 Å². The Bertz CT molecular complexity index is 1090. The van der Waals surface area contributed by atoms with Crippen LogP contribution >= 0.6 is 0 Å². The van der Waals surface area contributed by atoms with Crippen LogP contribution in [0.5, 0.6) is 0 Å². The second-order valence-electron chi connectivity index (χ2n) is 7.78. The van der Waals surface area contributed by atoms with Crippen LogP contribution in [0.25, 0.3) is 22.3 Å². The second-order valence-corrected chi connectivity index (χ2v) is 13.0. The highest BCUT2D eigenvalue weighted by Crippen LogP contribution is 2.30. The van der Waals surface area contributed by atoms with Crippen LogP contribution in [0.15, 0.2) is 73.2 Å². The molecule has 0 spiro atoms. The SMILES string of the molecule is CC[Si](CC)(CC)c1ccccc1-c1ncnc2c1ccn2Cc1ccccc1. The number of rotatable bonds is 7. The van der Waals surface area contributed by atoms with E-state index < -0.39 is 8.07 Å². The van der Waals surface area contributed by atoms with Crippen molar-refractivity contribution in [2.45, 2.75) is 45.4 Å². The van der Waals surface area contributed by atoms with Crippen LogP contribution in [0, 0.1) is 0 Å². The van der Waals surface area contributed by atoms with E-state index in [0.29, 0.717) is 0 Å². The maximum absolute atomic E-state index is 4.77. The molecule has 0 atom stereocenters. The number of aromatic nitrogens is 3. The number of nitrogens with zero attached hydrogens (tertiary/aromatic N) is 3. The number of fused-ring (bicyclic) bond motifs is 1. The molecule has 3 nitrogen and oxygen atoms in total. The molecule has 0 saturated heterocycles. The van der Waals surface area contributed by atoms with Gasteiger partial charge in [0.1, 0.15) is 12.0 Å². The standard InChI is InChI=1S/C25H29N3Si/c1-4-29(5-2,6-3)23-15-11-10-14-21(23)24-22-16-17-28(25(22)27-19-26-24)18-20-12-8-7-9-13-20/h7-17,19H,4-6,18H2,1-3H3. The van der Waals surface area contributed by atoms with E-state index in [1.54, 1.807) is 11.5 Å². The normalized spacial score (nSPS) is 11.8. The van der Waals surface area contributed by atoms with Gasteiger partial charge in [-0.15, -0.1) is 0 Å². The summed E-state index contributed by atoms with van der Waals surface area (Å²) in [5.74, 6) is 0. The molecule has 0 saturated carbocycles. The van der Waals surface area contributed by atoms with Crippen LogP contribution in [0.4, 0.5) is 0 Å². The zero-order valence-electron chi connectivity index (χ0n) is 17.6. The van der Waals surface area contributed by atoms with Crippen molar-refractivity contribution in [3.63, 3.8) is 0 Å². The fourth-order valence-corrected chi connectivity index (χ4v) is 8.47. The van der Waals surface area contributed by atoms with Crippen molar-refractivity contribution in [1.82, 2.24) is 14.5 Å². The van der Waals surface area contributed by atoms with Crippen LogP contribution in [0.2, 0.25) is 18.1 Å². The van der Waals surface area contributed by atoms with Gasteiger partial charge in [-0.3, -0.25) is 0 Å². The first-order valence-electron chi connectivity index (χ1n) is 10.7. The third-order valence-corrected chi connectivity index (χ3v) is 12.2. The van der Waals surface area contributed by atoms with Crippen LogP contribution in [-0.4, -0.2) is 22.6 Å². The Morgan fingerprint density at radius 2 is 1.48 bits per heavy atom. The molecule has 0 amide bonds. The van der Waals surface area contributed by atoms with Gasteiger partial charge >= 0.3 is 0 Å². The quantitative estimate of drug-likeness (QED) is 0.364. The molecule has 148 valence electrons. The molecule has 0 aliphatic carbocycles. The monoisotopic (exact) mass is 399 g/mol. The highest BCUT2D eigenvalue weighted by Gasteiger charge is 2.32. The lowest BCUT2D eigenvalue weighted by molar-refractivity contribution is 0.824. The van der Waals surface area contributed by atoms with Gasteiger partial charge < -0.3 is 4.57 Å². The van der Waals surface area contributed by atoms with Crippen LogP contribution in [-0.2, 0) is 6.54 Å². The molecule has 0 aliphatic rings. The first-order valence-corrected chi connectivity index (χ1v) is 13.3. The molecular weight excluding hydrogens is 370 g/mol. The fraction of sp³-hybridized carbons (Fsp3) is 0.280. The smallest absolute Gasteiger partial charge is 0.144 e. The summed E-state index contributed by atoms with van der Waals surface area (Å²) < 4.78 is 2.22. The summed E-state index contributed by atoms with van der Waals surface area (Å²) in [7, 11) is -1.53. The Labute approximate surface area is 174 Å². The summed E-state index contributed by atoms with van der Waals surface area (Å²) in [6, 6.07) is 25.5. The maximum atomic E-state index is 4.77. The van der Waals surface area contributed by atoms with Gasteiger partial charge in [-0.1, -0.05) is 98.7 Å². The molecule has 0 radical (unpaired) electrons. The first-order chi connectivity index (χ1) is 14.2. The van der Waals surface area contributed by atoms with E-state index in [-0.39, 0.29) is 0 Å². The molecule has 2 aromatic carbocycles. The molecule has 0 aliphatic heterocycles. The van der Waals surface area contributed by atoms with Gasteiger partial charge in [0.15, 0.2) is 0 Å². The highest BCUT2D eigenvalue weighted by molar-refractivity contribution is 6.92. The molecule has 2 heterocycles. The van der Waals surface area contributed by atoms with E-state index in [9.17, 15) is 0 Å². The minimum atomic E-state index is -1.53. The molecule has 29 heavy (non-hydrogen) atoms. The van der Waals surface area contributed by atoms with Gasteiger partial charge in [0.05, 0.1) is 13.8 Å². The van der Waals surface area contributed by atoms with Crippen molar-refractivity contribution in [3.05, 3.63) is 78.8 Å². The van der Waals surface area contributed by atoms with Gasteiger partial charge in [0, 0.05) is 23.7 Å². The first kappa shape index (κ1) is 19.6. The molecule has 4 aromatic rings. The predicted molar refractivity (Wildman–Crippen MR) is 125 cm³/mol. The van der Waals surface area contributed by atoms with E-state index in [1.165, 1.54) is 29.3 Å². The molecule has 0 unspecified atom stereocenters. The van der Waals surface area contributed by atoms with Crippen LogP contribution in [0.3, 0.4) is 0 Å². The maximum Gasteiger partial charge on any atom is 0.144 e. The lowest BCUT2D eigenvalue weighted by Gasteiger charge is -2.30. The summed E-state index contributed by atoms with van der Waals surface area (Å²) in [5, 5.41) is 2.69. The number of hydrogen-bond donors (Lipinski definition) is 0. The van der Waals surface area contributed by atoms with Gasteiger partial charge in [0.2, 0.25) is 0 Å². The Morgan fingerprint density at radius 3 is 2.21 bits per heavy atom. The van der Waals surface area contributed by atoms with Crippen LogP contribution in [0.1, 0.15) is 26.3 Å². The van der Waals surface area contributed by atoms with E-state index in [0.717, 1.165) is 23.3 Å². The molecule has 4 rings (SSSR count). The minimum absolute atomic E-state index is 0.819. The summed E-state index contributed by atoms with van der Waals surface area (Å²) in [6.07, 6.45) is 3.87. The molecule has 0 bridgehead atoms. The summed E-state index contributed by atoms with van der Waals surface area (Å²) in [4.78, 5) is 9.41. The Kier molecular flexibility index (Phi) is 5.63. The summed E-state index contributed by atoms with van der Waals surface area (Å²) >= 11 is 0. The van der Waals surface area contributed by atoms with Crippen molar-refractivity contribution < 1.29 is 0 Å². The highest BCUT2D eigenvalue weighted by atomic mass is 28.3. The van der Waals surface area contributed by atoms with Crippen LogP contribution < -0.4 is 5.19 Å². The largest absolute Gasteiger partial charge is 0.328 e. The fourth-order valence-electron chi connectivity index (χ4n) is 4.60. The summed E-state index contributed by atoms with van der Waals surface area (Å²) in [5.41, 5.74) is 4.66. The predicted octanol–water partition coefficient (Wildman–Crippen LogP) is 5.86. The molecular formula is C25H29N3Si. The van der Waals surface area contributed by atoms with E-state index in [4.69, 9.17) is 4.98 Å². The van der Waals surface area contributed by atoms with Crippen molar-refractivity contribution in [2.75, 3.05) is 0 Å². The number of hydrogen-bond acceptors (Lipinski definition) is 2. The average molecular weight is 400 g/mol. The topological polar surface area (TPSA) is 30.7 Å². The van der Waals surface area contributed by atoms with Gasteiger partial charge in [0.25, 0.3) is 0 Å².